The van der Waals surface area contributed by atoms with E-state index < -0.39 is 0 Å². The van der Waals surface area contributed by atoms with Crippen molar-refractivity contribution in [1.29, 1.82) is 0 Å². The number of rotatable bonds is 2. The second-order valence-corrected chi connectivity index (χ2v) is 9.99. The smallest absolute Gasteiger partial charge is 0.195 e. The van der Waals surface area contributed by atoms with Crippen LogP contribution in [0.3, 0.4) is 0 Å². The molecule has 0 aliphatic carbocycles. The standard InChI is InChI=1S/C33H20OS/c34-33-29-19-23(27-13-5-9-21-7-1-3-11-25(21)27)15-17-31(29)35-32-18-16-24(20-30(32)33)28-14-6-10-22-8-2-4-12-26(22)28/h1-20H. The van der Waals surface area contributed by atoms with Gasteiger partial charge in [0.1, 0.15) is 0 Å². The van der Waals surface area contributed by atoms with Gasteiger partial charge in [-0.1, -0.05) is 97.1 Å². The van der Waals surface area contributed by atoms with Crippen LogP contribution < -0.4 is 5.43 Å². The molecule has 0 saturated carbocycles. The van der Waals surface area contributed by atoms with Gasteiger partial charge >= 0.3 is 0 Å². The molecular weight excluding hydrogens is 444 g/mol. The van der Waals surface area contributed by atoms with Crippen LogP contribution in [0.25, 0.3) is 64.0 Å². The van der Waals surface area contributed by atoms with Crippen LogP contribution in [-0.2, 0) is 0 Å². The van der Waals surface area contributed by atoms with Crippen LogP contribution in [0.4, 0.5) is 0 Å². The van der Waals surface area contributed by atoms with Crippen molar-refractivity contribution in [1.82, 2.24) is 0 Å². The maximum absolute atomic E-state index is 13.8. The van der Waals surface area contributed by atoms with E-state index in [1.54, 1.807) is 11.3 Å². The highest BCUT2D eigenvalue weighted by Crippen LogP contribution is 2.35. The predicted octanol–water partition coefficient (Wildman–Crippen LogP) is 9.06. The summed E-state index contributed by atoms with van der Waals surface area (Å²) in [5, 5.41) is 6.36. The molecule has 0 radical (unpaired) electrons. The Balaban J connectivity index is 1.45. The zero-order valence-electron chi connectivity index (χ0n) is 18.9. The van der Waals surface area contributed by atoms with Gasteiger partial charge in [-0.2, -0.15) is 0 Å². The summed E-state index contributed by atoms with van der Waals surface area (Å²) < 4.78 is 2.04. The summed E-state index contributed by atoms with van der Waals surface area (Å²) in [7, 11) is 0. The molecule has 0 amide bonds. The zero-order chi connectivity index (χ0) is 23.4. The maximum atomic E-state index is 13.8. The van der Waals surface area contributed by atoms with Gasteiger partial charge in [-0.15, -0.1) is 11.3 Å². The van der Waals surface area contributed by atoms with Crippen LogP contribution >= 0.6 is 11.3 Å². The highest BCUT2D eigenvalue weighted by molar-refractivity contribution is 7.24. The Bertz CT molecular complexity index is 1830. The van der Waals surface area contributed by atoms with Crippen LogP contribution in [0.15, 0.2) is 126 Å². The molecule has 0 saturated heterocycles. The van der Waals surface area contributed by atoms with E-state index in [-0.39, 0.29) is 5.43 Å². The monoisotopic (exact) mass is 464 g/mol. The van der Waals surface area contributed by atoms with E-state index in [1.165, 1.54) is 21.5 Å². The van der Waals surface area contributed by atoms with Crippen LogP contribution in [0.1, 0.15) is 0 Å². The number of benzene rings is 6. The average Bonchev–Trinajstić information content (AvgIpc) is 2.92. The Labute approximate surface area is 206 Å². The van der Waals surface area contributed by atoms with Crippen molar-refractivity contribution in [2.24, 2.45) is 0 Å². The minimum absolute atomic E-state index is 0.0953. The normalized spacial score (nSPS) is 11.5. The summed E-state index contributed by atoms with van der Waals surface area (Å²) in [5.41, 5.74) is 4.54. The number of fused-ring (bicyclic) bond motifs is 4. The summed E-state index contributed by atoms with van der Waals surface area (Å²) in [6.07, 6.45) is 0. The van der Waals surface area contributed by atoms with Crippen molar-refractivity contribution in [2.45, 2.75) is 0 Å². The third-order valence-electron chi connectivity index (χ3n) is 6.87. The summed E-state index contributed by atoms with van der Waals surface area (Å²) >= 11 is 1.68. The second-order valence-electron chi connectivity index (χ2n) is 8.91. The van der Waals surface area contributed by atoms with E-state index in [0.29, 0.717) is 0 Å². The lowest BCUT2D eigenvalue weighted by atomic mass is 9.96. The highest BCUT2D eigenvalue weighted by Gasteiger charge is 2.12. The molecule has 1 heterocycles. The van der Waals surface area contributed by atoms with Gasteiger partial charge in [0.05, 0.1) is 0 Å². The number of hydrogen-bond donors (Lipinski definition) is 0. The predicted molar refractivity (Wildman–Crippen MR) is 151 cm³/mol. The summed E-state index contributed by atoms with van der Waals surface area (Å²) in [5.74, 6) is 0. The van der Waals surface area contributed by atoms with E-state index >= 15 is 0 Å². The first kappa shape index (κ1) is 20.1. The molecule has 164 valence electrons. The van der Waals surface area contributed by atoms with Crippen LogP contribution in [0, 0.1) is 0 Å². The lowest BCUT2D eigenvalue weighted by Gasteiger charge is -2.10. The molecule has 0 aliphatic heterocycles. The zero-order valence-corrected chi connectivity index (χ0v) is 19.7. The van der Waals surface area contributed by atoms with E-state index in [2.05, 4.69) is 121 Å². The minimum Gasteiger partial charge on any atom is -0.289 e. The first-order valence-corrected chi connectivity index (χ1v) is 12.5. The van der Waals surface area contributed by atoms with Crippen LogP contribution in [0.2, 0.25) is 0 Å². The van der Waals surface area contributed by atoms with Gasteiger partial charge in [0.25, 0.3) is 0 Å². The fourth-order valence-electron chi connectivity index (χ4n) is 5.15. The Kier molecular flexibility index (Phi) is 4.54. The Morgan fingerprint density at radius 2 is 0.886 bits per heavy atom. The van der Waals surface area contributed by atoms with Gasteiger partial charge in [0.2, 0.25) is 0 Å². The van der Waals surface area contributed by atoms with Crippen LogP contribution in [-0.4, -0.2) is 0 Å². The molecular formula is C33H20OS. The highest BCUT2D eigenvalue weighted by atomic mass is 32.1. The lowest BCUT2D eigenvalue weighted by Crippen LogP contribution is -2.01. The first-order valence-electron chi connectivity index (χ1n) is 11.7. The van der Waals surface area contributed by atoms with E-state index in [4.69, 9.17) is 0 Å². The molecule has 1 aromatic heterocycles. The molecule has 6 aromatic carbocycles. The van der Waals surface area contributed by atoms with Gasteiger partial charge in [0, 0.05) is 20.2 Å². The second kappa shape index (κ2) is 7.90. The number of hydrogen-bond acceptors (Lipinski definition) is 2. The van der Waals surface area contributed by atoms with Gasteiger partial charge < -0.3 is 0 Å². The third-order valence-corrected chi connectivity index (χ3v) is 8.02. The third kappa shape index (κ3) is 3.26. The van der Waals surface area contributed by atoms with Gasteiger partial charge in [-0.3, -0.25) is 4.79 Å². The molecule has 7 aromatic rings. The average molecular weight is 465 g/mol. The molecule has 0 atom stereocenters. The van der Waals surface area contributed by atoms with Gasteiger partial charge in [0.15, 0.2) is 5.43 Å². The Morgan fingerprint density at radius 1 is 0.429 bits per heavy atom. The fraction of sp³-hybridized carbons (Fsp3) is 0. The van der Waals surface area contributed by atoms with Crippen molar-refractivity contribution in [3.8, 4) is 22.3 Å². The van der Waals surface area contributed by atoms with Gasteiger partial charge in [-0.05, 0) is 68.1 Å². The van der Waals surface area contributed by atoms with Gasteiger partial charge in [-0.25, -0.2) is 0 Å². The molecule has 0 N–H and O–H groups in total. The van der Waals surface area contributed by atoms with Crippen LogP contribution in [0.5, 0.6) is 0 Å². The van der Waals surface area contributed by atoms with Crippen molar-refractivity contribution in [3.63, 3.8) is 0 Å². The van der Waals surface area contributed by atoms with Crippen molar-refractivity contribution < 1.29 is 0 Å². The molecule has 0 bridgehead atoms. The largest absolute Gasteiger partial charge is 0.289 e. The fourth-order valence-corrected chi connectivity index (χ4v) is 6.18. The van der Waals surface area contributed by atoms with E-state index in [0.717, 1.165) is 42.4 Å². The molecule has 0 spiro atoms. The lowest BCUT2D eigenvalue weighted by molar-refractivity contribution is 1.67. The Morgan fingerprint density at radius 3 is 1.40 bits per heavy atom. The summed E-state index contributed by atoms with van der Waals surface area (Å²) in [4.78, 5) is 13.8. The van der Waals surface area contributed by atoms with Crippen molar-refractivity contribution >= 4 is 53.1 Å². The molecule has 7 rings (SSSR count). The van der Waals surface area contributed by atoms with Crippen molar-refractivity contribution in [3.05, 3.63) is 132 Å². The maximum Gasteiger partial charge on any atom is 0.195 e. The minimum atomic E-state index is 0.0953. The molecule has 1 nitrogen and oxygen atoms in total. The molecule has 0 aliphatic rings. The molecule has 0 fully saturated rings. The molecule has 35 heavy (non-hydrogen) atoms. The van der Waals surface area contributed by atoms with E-state index in [9.17, 15) is 4.79 Å². The summed E-state index contributed by atoms with van der Waals surface area (Å²) in [6.45, 7) is 0. The quantitative estimate of drug-likeness (QED) is 0.233. The first-order chi connectivity index (χ1) is 17.3. The SMILES string of the molecule is O=c1c2cc(-c3cccc4ccccc34)ccc2sc2ccc(-c3cccc4ccccc34)cc12. The molecule has 0 unspecified atom stereocenters. The molecule has 2 heteroatoms. The Hall–Kier alpha value is -4.27. The topological polar surface area (TPSA) is 17.1 Å². The van der Waals surface area contributed by atoms with E-state index in [1.807, 2.05) is 0 Å². The van der Waals surface area contributed by atoms with Crippen molar-refractivity contribution in [2.75, 3.05) is 0 Å². The summed E-state index contributed by atoms with van der Waals surface area (Å²) in [6, 6.07) is 42.1.